The minimum absolute atomic E-state index is 0.102. The van der Waals surface area contributed by atoms with Crippen LogP contribution in [0.3, 0.4) is 0 Å². The first-order chi connectivity index (χ1) is 9.34. The zero-order valence-corrected chi connectivity index (χ0v) is 11.0. The summed E-state index contributed by atoms with van der Waals surface area (Å²) in [5.41, 5.74) is 10.4. The van der Waals surface area contributed by atoms with E-state index in [0.717, 1.165) is 29.6 Å². The van der Waals surface area contributed by atoms with Crippen LogP contribution in [0.2, 0.25) is 0 Å². The molecule has 0 amide bonds. The van der Waals surface area contributed by atoms with Crippen LogP contribution in [0.5, 0.6) is 0 Å². The molecule has 1 unspecified atom stereocenters. The molecule has 2 aromatic rings. The summed E-state index contributed by atoms with van der Waals surface area (Å²) in [6, 6.07) is 7.82. The van der Waals surface area contributed by atoms with Crippen LogP contribution in [-0.2, 0) is 0 Å². The zero-order valence-electron chi connectivity index (χ0n) is 11.0. The van der Waals surface area contributed by atoms with Crippen LogP contribution in [0.1, 0.15) is 43.8 Å². The van der Waals surface area contributed by atoms with E-state index in [-0.39, 0.29) is 6.04 Å². The molecule has 0 radical (unpaired) electrons. The Balaban J connectivity index is 1.92. The number of hydrogen-bond donors (Lipinski definition) is 1. The summed E-state index contributed by atoms with van der Waals surface area (Å²) in [5, 5.41) is 0. The van der Waals surface area contributed by atoms with Crippen LogP contribution in [-0.4, -0.2) is 9.97 Å². The molecule has 1 aliphatic carbocycles. The van der Waals surface area contributed by atoms with Crippen LogP contribution in [0.25, 0.3) is 11.0 Å². The summed E-state index contributed by atoms with van der Waals surface area (Å²) in [6.45, 7) is 0. The van der Waals surface area contributed by atoms with E-state index in [1.165, 1.54) is 24.8 Å². The van der Waals surface area contributed by atoms with E-state index >= 15 is 0 Å². The number of allylic oxidation sites excluding steroid dienone is 1. The average Bonchev–Trinajstić information content (AvgIpc) is 2.75. The molecule has 1 aliphatic rings. The Hall–Kier alpha value is -1.74. The Morgan fingerprint density at radius 2 is 1.89 bits per heavy atom. The lowest BCUT2D eigenvalue weighted by atomic mass is 10.0. The van der Waals surface area contributed by atoms with Crippen molar-refractivity contribution in [2.45, 2.75) is 38.1 Å². The Morgan fingerprint density at radius 3 is 2.79 bits per heavy atom. The quantitative estimate of drug-likeness (QED) is 0.833. The molecular weight excluding hydrogens is 234 g/mol. The van der Waals surface area contributed by atoms with Crippen molar-refractivity contribution in [3.63, 3.8) is 0 Å². The van der Waals surface area contributed by atoms with Gasteiger partial charge in [0.15, 0.2) is 0 Å². The second-order valence-electron chi connectivity index (χ2n) is 5.14. The average molecular weight is 253 g/mol. The molecule has 19 heavy (non-hydrogen) atoms. The van der Waals surface area contributed by atoms with E-state index < -0.39 is 0 Å². The Bertz CT molecular complexity index is 604. The van der Waals surface area contributed by atoms with Crippen molar-refractivity contribution in [2.75, 3.05) is 0 Å². The number of rotatable bonds is 2. The van der Waals surface area contributed by atoms with Gasteiger partial charge in [-0.05, 0) is 37.8 Å². The zero-order chi connectivity index (χ0) is 13.1. The molecule has 3 nitrogen and oxygen atoms in total. The van der Waals surface area contributed by atoms with E-state index in [1.807, 2.05) is 30.5 Å². The molecule has 0 saturated carbocycles. The number of hydrogen-bond acceptors (Lipinski definition) is 3. The molecule has 0 bridgehead atoms. The summed E-state index contributed by atoms with van der Waals surface area (Å²) < 4.78 is 0. The molecule has 2 N–H and O–H groups in total. The lowest BCUT2D eigenvalue weighted by Gasteiger charge is -2.14. The van der Waals surface area contributed by atoms with E-state index in [9.17, 15) is 0 Å². The fourth-order valence-electron chi connectivity index (χ4n) is 2.63. The lowest BCUT2D eigenvalue weighted by Crippen LogP contribution is -2.15. The Kier molecular flexibility index (Phi) is 3.56. The van der Waals surface area contributed by atoms with Crippen LogP contribution < -0.4 is 5.73 Å². The van der Waals surface area contributed by atoms with Gasteiger partial charge in [-0.2, -0.15) is 0 Å². The normalized spacial score (nSPS) is 17.8. The topological polar surface area (TPSA) is 51.8 Å². The molecule has 0 fully saturated rings. The highest BCUT2D eigenvalue weighted by Crippen LogP contribution is 2.26. The maximum absolute atomic E-state index is 6.36. The third-order valence-corrected chi connectivity index (χ3v) is 3.76. The Labute approximate surface area is 113 Å². The first-order valence-corrected chi connectivity index (χ1v) is 7.01. The highest BCUT2D eigenvalue weighted by molar-refractivity contribution is 5.73. The van der Waals surface area contributed by atoms with E-state index in [1.54, 1.807) is 0 Å². The minimum Gasteiger partial charge on any atom is -0.319 e. The highest BCUT2D eigenvalue weighted by atomic mass is 14.8. The summed E-state index contributed by atoms with van der Waals surface area (Å²) in [5.74, 6) is 0. The predicted molar refractivity (Wildman–Crippen MR) is 77.6 cm³/mol. The monoisotopic (exact) mass is 253 g/mol. The second-order valence-corrected chi connectivity index (χ2v) is 5.14. The van der Waals surface area contributed by atoms with Gasteiger partial charge in [0.05, 0.1) is 29.0 Å². The summed E-state index contributed by atoms with van der Waals surface area (Å²) in [6.07, 6.45) is 10.2. The Morgan fingerprint density at radius 1 is 1.05 bits per heavy atom. The summed E-state index contributed by atoms with van der Waals surface area (Å²) >= 11 is 0. The van der Waals surface area contributed by atoms with Crippen LogP contribution in [0.4, 0.5) is 0 Å². The number of para-hydroxylation sites is 2. The molecule has 1 atom stereocenters. The SMILES string of the molecule is NC(C1=CCCCCC1)c1cnc2ccccc2n1. The van der Waals surface area contributed by atoms with Gasteiger partial charge in [0.1, 0.15) is 0 Å². The summed E-state index contributed by atoms with van der Waals surface area (Å²) in [4.78, 5) is 9.10. The molecule has 0 aliphatic heterocycles. The molecule has 3 rings (SSSR count). The third-order valence-electron chi connectivity index (χ3n) is 3.76. The van der Waals surface area contributed by atoms with Crippen LogP contribution in [0, 0.1) is 0 Å². The van der Waals surface area contributed by atoms with E-state index in [2.05, 4.69) is 16.0 Å². The fraction of sp³-hybridized carbons (Fsp3) is 0.375. The lowest BCUT2D eigenvalue weighted by molar-refractivity contribution is 0.682. The number of nitrogens with two attached hydrogens (primary N) is 1. The van der Waals surface area contributed by atoms with Crippen LogP contribution >= 0.6 is 0 Å². The van der Waals surface area contributed by atoms with Gasteiger partial charge in [0.2, 0.25) is 0 Å². The van der Waals surface area contributed by atoms with Crippen LogP contribution in [0.15, 0.2) is 42.1 Å². The number of benzene rings is 1. The molecule has 3 heteroatoms. The first-order valence-electron chi connectivity index (χ1n) is 7.01. The maximum Gasteiger partial charge on any atom is 0.0890 e. The van der Waals surface area contributed by atoms with Crippen molar-refractivity contribution >= 4 is 11.0 Å². The molecular formula is C16H19N3. The van der Waals surface area contributed by atoms with Crippen molar-refractivity contribution in [1.29, 1.82) is 0 Å². The standard InChI is InChI=1S/C16H19N3/c17-16(12-7-3-1-2-4-8-12)15-11-18-13-9-5-6-10-14(13)19-15/h5-7,9-11,16H,1-4,8,17H2. The second kappa shape index (κ2) is 5.49. The van der Waals surface area contributed by atoms with Crippen molar-refractivity contribution in [3.05, 3.63) is 47.8 Å². The number of aromatic nitrogens is 2. The van der Waals surface area contributed by atoms with E-state index in [4.69, 9.17) is 5.73 Å². The minimum atomic E-state index is -0.102. The molecule has 1 heterocycles. The van der Waals surface area contributed by atoms with Gasteiger partial charge in [-0.15, -0.1) is 0 Å². The summed E-state index contributed by atoms with van der Waals surface area (Å²) in [7, 11) is 0. The number of nitrogens with zero attached hydrogens (tertiary/aromatic N) is 2. The molecule has 1 aromatic carbocycles. The molecule has 0 saturated heterocycles. The van der Waals surface area contributed by atoms with Crippen molar-refractivity contribution in [1.82, 2.24) is 9.97 Å². The molecule has 1 aromatic heterocycles. The largest absolute Gasteiger partial charge is 0.319 e. The molecule has 0 spiro atoms. The highest BCUT2D eigenvalue weighted by Gasteiger charge is 2.15. The van der Waals surface area contributed by atoms with Crippen molar-refractivity contribution in [2.24, 2.45) is 5.73 Å². The van der Waals surface area contributed by atoms with Gasteiger partial charge in [-0.25, -0.2) is 4.98 Å². The maximum atomic E-state index is 6.36. The predicted octanol–water partition coefficient (Wildman–Crippen LogP) is 3.52. The van der Waals surface area contributed by atoms with Gasteiger partial charge >= 0.3 is 0 Å². The van der Waals surface area contributed by atoms with Crippen molar-refractivity contribution in [3.8, 4) is 0 Å². The number of fused-ring (bicyclic) bond motifs is 1. The van der Waals surface area contributed by atoms with Gasteiger partial charge < -0.3 is 5.73 Å². The third kappa shape index (κ3) is 2.66. The van der Waals surface area contributed by atoms with Gasteiger partial charge in [-0.1, -0.05) is 30.2 Å². The van der Waals surface area contributed by atoms with Crippen molar-refractivity contribution < 1.29 is 0 Å². The first kappa shape index (κ1) is 12.3. The van der Waals surface area contributed by atoms with E-state index in [0.29, 0.717) is 0 Å². The fourth-order valence-corrected chi connectivity index (χ4v) is 2.63. The van der Waals surface area contributed by atoms with Gasteiger partial charge in [-0.3, -0.25) is 4.98 Å². The smallest absolute Gasteiger partial charge is 0.0890 e. The van der Waals surface area contributed by atoms with Gasteiger partial charge in [0.25, 0.3) is 0 Å². The molecule has 98 valence electrons. The van der Waals surface area contributed by atoms with Gasteiger partial charge in [0, 0.05) is 0 Å².